The summed E-state index contributed by atoms with van der Waals surface area (Å²) in [6.45, 7) is 6.90. The van der Waals surface area contributed by atoms with E-state index < -0.39 is 44.0 Å². The van der Waals surface area contributed by atoms with Crippen LogP contribution >= 0.6 is 0 Å². The van der Waals surface area contributed by atoms with Gasteiger partial charge in [0.25, 0.3) is 0 Å². The number of amides is 1. The van der Waals surface area contributed by atoms with Crippen molar-refractivity contribution in [1.82, 2.24) is 19.2 Å². The average molecular weight is 639 g/mol. The van der Waals surface area contributed by atoms with Crippen LogP contribution in [0, 0.1) is 11.8 Å². The van der Waals surface area contributed by atoms with E-state index in [2.05, 4.69) is 10.6 Å². The second-order valence-corrected chi connectivity index (χ2v) is 15.4. The van der Waals surface area contributed by atoms with Crippen molar-refractivity contribution in [1.29, 1.82) is 0 Å². The minimum atomic E-state index is -4.07. The van der Waals surface area contributed by atoms with Gasteiger partial charge in [0.15, 0.2) is 11.5 Å². The molecule has 14 heteroatoms. The summed E-state index contributed by atoms with van der Waals surface area (Å²) in [7, 11) is -7.73. The number of fused-ring (bicyclic) bond motifs is 1. The molecule has 3 N–H and O–H groups in total. The third-order valence-corrected chi connectivity index (χ3v) is 11.3. The molecule has 0 bridgehead atoms. The molecule has 0 radical (unpaired) electrons. The largest absolute Gasteiger partial charge is 0.454 e. The van der Waals surface area contributed by atoms with Crippen LogP contribution in [0.2, 0.25) is 0 Å². The van der Waals surface area contributed by atoms with Crippen molar-refractivity contribution in [2.45, 2.75) is 44.2 Å². The smallest absolute Gasteiger partial charge is 0.243 e. The van der Waals surface area contributed by atoms with Crippen LogP contribution in [0.3, 0.4) is 0 Å². The number of carbonyl (C=O) groups is 1. The maximum atomic E-state index is 13.8. The molecule has 0 aromatic heterocycles. The van der Waals surface area contributed by atoms with Gasteiger partial charge in [0, 0.05) is 45.3 Å². The molecule has 2 aliphatic heterocycles. The van der Waals surface area contributed by atoms with Gasteiger partial charge in [-0.3, -0.25) is 4.79 Å². The molecular formula is C29H42N4O8S2. The van der Waals surface area contributed by atoms with Crippen molar-refractivity contribution in [3.8, 4) is 11.5 Å². The van der Waals surface area contributed by atoms with Crippen molar-refractivity contribution >= 4 is 26.0 Å². The molecule has 2 heterocycles. The number of carbonyl (C=O) groups excluding carboxylic acids is 1. The standard InChI is InChI=1S/C29H42N4O8S2/c1-21(2)17-33(43(38,39)24-9-10-27-28(16-24)41-20-40-27)18-26(34)25(15-23-7-5-4-6-8-23)31-29(35)22(3)19-42(36,37)32-13-11-30-12-14-32/h4-10,16,21-22,25-26,30,34H,11-15,17-20H2,1-3H3,(H,31,35). The SMILES string of the molecule is CC(C)CN(CC(O)C(Cc1ccccc1)NC(=O)C(C)CS(=O)(=O)N1CCNCC1)S(=O)(=O)c1ccc2c(c1)OCO2. The highest BCUT2D eigenvalue weighted by molar-refractivity contribution is 7.89. The molecule has 43 heavy (non-hydrogen) atoms. The predicted molar refractivity (Wildman–Crippen MR) is 162 cm³/mol. The van der Waals surface area contributed by atoms with E-state index in [4.69, 9.17) is 9.47 Å². The lowest BCUT2D eigenvalue weighted by atomic mass is 10.00. The van der Waals surface area contributed by atoms with Gasteiger partial charge in [-0.05, 0) is 30.0 Å². The van der Waals surface area contributed by atoms with Gasteiger partial charge < -0.3 is 25.2 Å². The van der Waals surface area contributed by atoms with E-state index in [9.17, 15) is 26.7 Å². The molecule has 2 aromatic rings. The van der Waals surface area contributed by atoms with Crippen LogP contribution in [-0.4, -0.2) is 100 Å². The van der Waals surface area contributed by atoms with Gasteiger partial charge >= 0.3 is 0 Å². The first-order valence-corrected chi connectivity index (χ1v) is 17.5. The summed E-state index contributed by atoms with van der Waals surface area (Å²) in [5.41, 5.74) is 0.821. The molecule has 0 aliphatic carbocycles. The zero-order valence-electron chi connectivity index (χ0n) is 24.8. The van der Waals surface area contributed by atoms with Crippen LogP contribution in [0.5, 0.6) is 11.5 Å². The highest BCUT2D eigenvalue weighted by Crippen LogP contribution is 2.35. The average Bonchev–Trinajstić information content (AvgIpc) is 3.45. The third-order valence-electron chi connectivity index (χ3n) is 7.41. The van der Waals surface area contributed by atoms with Crippen LogP contribution in [0.1, 0.15) is 26.3 Å². The van der Waals surface area contributed by atoms with Gasteiger partial charge in [-0.2, -0.15) is 8.61 Å². The Morgan fingerprint density at radius 1 is 1.00 bits per heavy atom. The number of aliphatic hydroxyl groups excluding tert-OH is 1. The summed E-state index contributed by atoms with van der Waals surface area (Å²) in [5, 5.41) is 17.4. The summed E-state index contributed by atoms with van der Waals surface area (Å²) < 4.78 is 66.7. The molecule has 238 valence electrons. The fourth-order valence-electron chi connectivity index (χ4n) is 5.10. The second-order valence-electron chi connectivity index (χ2n) is 11.4. The van der Waals surface area contributed by atoms with E-state index in [-0.39, 0.29) is 42.9 Å². The maximum Gasteiger partial charge on any atom is 0.243 e. The van der Waals surface area contributed by atoms with Crippen molar-refractivity contribution in [2.75, 3.05) is 51.8 Å². The number of aliphatic hydroxyl groups is 1. The Morgan fingerprint density at radius 3 is 2.35 bits per heavy atom. The van der Waals surface area contributed by atoms with Gasteiger partial charge in [0.1, 0.15) is 0 Å². The van der Waals surface area contributed by atoms with Crippen LogP contribution in [0.4, 0.5) is 0 Å². The molecule has 3 atom stereocenters. The molecule has 1 saturated heterocycles. The molecule has 2 aromatic carbocycles. The summed E-state index contributed by atoms with van der Waals surface area (Å²) in [6, 6.07) is 12.7. The number of ether oxygens (including phenoxy) is 2. The Bertz CT molecular complexity index is 1450. The van der Waals surface area contributed by atoms with E-state index in [0.717, 1.165) is 5.56 Å². The molecule has 4 rings (SSSR count). The van der Waals surface area contributed by atoms with Crippen molar-refractivity contribution in [2.24, 2.45) is 11.8 Å². The second kappa shape index (κ2) is 14.4. The number of rotatable bonds is 14. The van der Waals surface area contributed by atoms with Crippen molar-refractivity contribution in [3.63, 3.8) is 0 Å². The summed E-state index contributed by atoms with van der Waals surface area (Å²) in [5.74, 6) is -1.08. The van der Waals surface area contributed by atoms with Crippen molar-refractivity contribution < 1.29 is 36.2 Å². The van der Waals surface area contributed by atoms with Crippen LogP contribution < -0.4 is 20.1 Å². The van der Waals surface area contributed by atoms with Gasteiger partial charge in [-0.15, -0.1) is 0 Å². The fourth-order valence-corrected chi connectivity index (χ4v) is 8.47. The number of hydrogen-bond donors (Lipinski definition) is 3. The molecule has 1 fully saturated rings. The van der Waals surface area contributed by atoms with E-state index in [0.29, 0.717) is 37.7 Å². The summed E-state index contributed by atoms with van der Waals surface area (Å²) >= 11 is 0. The Hall–Kier alpha value is -2.75. The Morgan fingerprint density at radius 2 is 1.67 bits per heavy atom. The minimum absolute atomic E-state index is 0.0000125. The highest BCUT2D eigenvalue weighted by atomic mass is 32.2. The van der Waals surface area contributed by atoms with Gasteiger partial charge in [0.05, 0.1) is 28.7 Å². The highest BCUT2D eigenvalue weighted by Gasteiger charge is 2.34. The van der Waals surface area contributed by atoms with Gasteiger partial charge in [0.2, 0.25) is 32.7 Å². The van der Waals surface area contributed by atoms with Crippen molar-refractivity contribution in [3.05, 3.63) is 54.1 Å². The lowest BCUT2D eigenvalue weighted by Gasteiger charge is -2.31. The normalized spacial score (nSPS) is 18.0. The Labute approximate surface area is 254 Å². The van der Waals surface area contributed by atoms with E-state index in [1.807, 2.05) is 44.2 Å². The number of sulfonamides is 2. The van der Waals surface area contributed by atoms with Crippen LogP contribution in [-0.2, 0) is 31.3 Å². The predicted octanol–water partition coefficient (Wildman–Crippen LogP) is 1.02. The Kier molecular flexibility index (Phi) is 11.1. The quantitative estimate of drug-likeness (QED) is 0.275. The first-order chi connectivity index (χ1) is 20.4. The van der Waals surface area contributed by atoms with Crippen LogP contribution in [0.15, 0.2) is 53.4 Å². The lowest BCUT2D eigenvalue weighted by Crippen LogP contribution is -2.53. The molecule has 0 saturated carbocycles. The maximum absolute atomic E-state index is 13.8. The Balaban J connectivity index is 1.53. The molecule has 3 unspecified atom stereocenters. The first kappa shape index (κ1) is 33.1. The first-order valence-electron chi connectivity index (χ1n) is 14.5. The number of piperazine rings is 1. The summed E-state index contributed by atoms with van der Waals surface area (Å²) in [4.78, 5) is 13.3. The zero-order valence-corrected chi connectivity index (χ0v) is 26.4. The zero-order chi connectivity index (χ0) is 31.2. The van der Waals surface area contributed by atoms with E-state index in [1.54, 1.807) is 0 Å². The van der Waals surface area contributed by atoms with E-state index >= 15 is 0 Å². The minimum Gasteiger partial charge on any atom is -0.454 e. The monoisotopic (exact) mass is 638 g/mol. The lowest BCUT2D eigenvalue weighted by molar-refractivity contribution is -0.125. The molecule has 1 amide bonds. The van der Waals surface area contributed by atoms with Gasteiger partial charge in [-0.1, -0.05) is 51.1 Å². The number of nitrogens with one attached hydrogen (secondary N) is 2. The third kappa shape index (κ3) is 8.67. The summed E-state index contributed by atoms with van der Waals surface area (Å²) in [6.07, 6.45) is -1.09. The van der Waals surface area contributed by atoms with Crippen LogP contribution in [0.25, 0.3) is 0 Å². The number of hydrogen-bond acceptors (Lipinski definition) is 9. The van der Waals surface area contributed by atoms with Gasteiger partial charge in [-0.25, -0.2) is 16.8 Å². The molecule has 0 spiro atoms. The number of benzene rings is 2. The molecular weight excluding hydrogens is 596 g/mol. The molecule has 12 nitrogen and oxygen atoms in total. The van der Waals surface area contributed by atoms with E-state index in [1.165, 1.54) is 33.7 Å². The fraction of sp³-hybridized carbons (Fsp3) is 0.552. The molecule has 2 aliphatic rings. The topological polar surface area (TPSA) is 155 Å². The number of nitrogens with zero attached hydrogens (tertiary/aromatic N) is 2.